The van der Waals surface area contributed by atoms with Crippen molar-refractivity contribution in [2.24, 2.45) is 0 Å². The first kappa shape index (κ1) is 26.1. The van der Waals surface area contributed by atoms with E-state index in [-0.39, 0.29) is 0 Å². The monoisotopic (exact) mass is 500 g/mol. The summed E-state index contributed by atoms with van der Waals surface area (Å²) in [6.45, 7) is 15.8. The number of piperidine rings is 1. The highest BCUT2D eigenvalue weighted by Gasteiger charge is 2.26. The van der Waals surface area contributed by atoms with Crippen molar-refractivity contribution in [2.75, 3.05) is 52.9 Å². The predicted octanol–water partition coefficient (Wildman–Crippen LogP) is 4.77. The third kappa shape index (κ3) is 6.31. The van der Waals surface area contributed by atoms with Gasteiger partial charge in [-0.15, -0.1) is 0 Å². The summed E-state index contributed by atoms with van der Waals surface area (Å²) in [6.07, 6.45) is 9.30. The van der Waals surface area contributed by atoms with Crippen molar-refractivity contribution in [3.63, 3.8) is 0 Å². The third-order valence-corrected chi connectivity index (χ3v) is 8.27. The number of piperazine rings is 1. The number of aryl methyl sites for hydroxylation is 3. The van der Waals surface area contributed by atoms with Crippen LogP contribution in [0.1, 0.15) is 54.4 Å². The van der Waals surface area contributed by atoms with Crippen LogP contribution in [-0.4, -0.2) is 88.1 Å². The number of hydrogen-bond donors (Lipinski definition) is 0. The minimum Gasteiger partial charge on any atom is -0.308 e. The third-order valence-electron chi connectivity index (χ3n) is 8.27. The maximum absolute atomic E-state index is 4.89. The fraction of sp³-hybridized carbons (Fsp3) is 0.548. The Balaban J connectivity index is 1.11. The average Bonchev–Trinajstić information content (AvgIpc) is 3.26. The van der Waals surface area contributed by atoms with Gasteiger partial charge in [-0.25, -0.2) is 9.97 Å². The lowest BCUT2D eigenvalue weighted by atomic mass is 10.0. The molecule has 0 atom stereocenters. The molecule has 2 saturated heterocycles. The summed E-state index contributed by atoms with van der Waals surface area (Å²) in [4.78, 5) is 17.5. The first-order valence-electron chi connectivity index (χ1n) is 14.2. The van der Waals surface area contributed by atoms with Gasteiger partial charge in [-0.05, 0) is 76.0 Å². The second-order valence-electron chi connectivity index (χ2n) is 11.1. The van der Waals surface area contributed by atoms with Crippen LogP contribution >= 0.6 is 0 Å². The summed E-state index contributed by atoms with van der Waals surface area (Å²) in [5, 5.41) is 0. The summed E-state index contributed by atoms with van der Waals surface area (Å²) in [7, 11) is 2.24. The molecule has 6 nitrogen and oxygen atoms in total. The van der Waals surface area contributed by atoms with Gasteiger partial charge in [-0.3, -0.25) is 4.90 Å². The van der Waals surface area contributed by atoms with Crippen molar-refractivity contribution in [1.82, 2.24) is 29.2 Å². The van der Waals surface area contributed by atoms with Gasteiger partial charge in [0.25, 0.3) is 0 Å². The van der Waals surface area contributed by atoms with Gasteiger partial charge >= 0.3 is 0 Å². The lowest BCUT2D eigenvalue weighted by Gasteiger charge is -2.42. The molecular weight excluding hydrogens is 456 g/mol. The number of nitrogens with zero attached hydrogens (tertiary/aromatic N) is 6. The minimum atomic E-state index is 0.802. The molecule has 37 heavy (non-hydrogen) atoms. The molecular formula is C31H44N6. The molecule has 0 spiro atoms. The molecule has 0 aliphatic carbocycles. The molecule has 2 fully saturated rings. The molecule has 5 rings (SSSR count). The van der Waals surface area contributed by atoms with Crippen molar-refractivity contribution >= 4 is 17.2 Å². The second kappa shape index (κ2) is 11.9. The Bertz CT molecular complexity index is 1190. The van der Waals surface area contributed by atoms with Crippen LogP contribution < -0.4 is 0 Å². The van der Waals surface area contributed by atoms with Crippen molar-refractivity contribution in [2.45, 2.75) is 59.0 Å². The van der Waals surface area contributed by atoms with Gasteiger partial charge in [0, 0.05) is 50.9 Å². The van der Waals surface area contributed by atoms with Gasteiger partial charge < -0.3 is 14.4 Å². The van der Waals surface area contributed by atoms with Gasteiger partial charge in [-0.1, -0.05) is 43.3 Å². The van der Waals surface area contributed by atoms with Gasteiger partial charge in [0.1, 0.15) is 11.3 Å². The van der Waals surface area contributed by atoms with E-state index in [1.165, 1.54) is 75.3 Å². The van der Waals surface area contributed by atoms with Gasteiger partial charge in [0.05, 0.1) is 6.54 Å². The molecule has 6 heteroatoms. The van der Waals surface area contributed by atoms with Crippen molar-refractivity contribution < 1.29 is 0 Å². The van der Waals surface area contributed by atoms with E-state index in [0.717, 1.165) is 48.1 Å². The van der Waals surface area contributed by atoms with Crippen LogP contribution in [0.4, 0.5) is 0 Å². The molecule has 0 N–H and O–H groups in total. The average molecular weight is 501 g/mol. The van der Waals surface area contributed by atoms with Crippen LogP contribution in [0.25, 0.3) is 17.2 Å². The predicted molar refractivity (Wildman–Crippen MR) is 154 cm³/mol. The molecule has 1 aromatic carbocycles. The zero-order valence-electron chi connectivity index (χ0n) is 23.3. The minimum absolute atomic E-state index is 0.802. The summed E-state index contributed by atoms with van der Waals surface area (Å²) in [6, 6.07) is 11.9. The summed E-state index contributed by atoms with van der Waals surface area (Å²) < 4.78 is 2.28. The molecule has 0 radical (unpaired) electrons. The van der Waals surface area contributed by atoms with Crippen molar-refractivity contribution in [3.05, 3.63) is 64.6 Å². The molecule has 2 aliphatic rings. The lowest BCUT2D eigenvalue weighted by Crippen LogP contribution is -2.52. The maximum atomic E-state index is 4.89. The van der Waals surface area contributed by atoms with Crippen LogP contribution in [-0.2, 0) is 13.0 Å². The SMILES string of the molecule is CCc1nc2c(C)cc(C)nc2n1Cc1ccc(/C=C/CCN2CCC(N3CCN(C)CC3)CC2)cc1. The van der Waals surface area contributed by atoms with E-state index in [1.807, 2.05) is 0 Å². The number of rotatable bonds is 8. The number of pyridine rings is 1. The lowest BCUT2D eigenvalue weighted by molar-refractivity contribution is 0.0683. The summed E-state index contributed by atoms with van der Waals surface area (Å²) in [5.41, 5.74) is 6.85. The van der Waals surface area contributed by atoms with Gasteiger partial charge in [0.2, 0.25) is 0 Å². The molecule has 3 aromatic rings. The number of imidazole rings is 1. The molecule has 0 saturated carbocycles. The first-order chi connectivity index (χ1) is 18.0. The van der Waals surface area contributed by atoms with Crippen LogP contribution in [0.2, 0.25) is 0 Å². The largest absolute Gasteiger partial charge is 0.308 e. The highest BCUT2D eigenvalue weighted by Crippen LogP contribution is 2.22. The van der Waals surface area contributed by atoms with Crippen molar-refractivity contribution in [3.8, 4) is 0 Å². The molecule has 198 valence electrons. The Morgan fingerprint density at radius 2 is 1.68 bits per heavy atom. The molecule has 4 heterocycles. The van der Waals surface area contributed by atoms with E-state index in [2.05, 4.69) is 89.6 Å². The molecule has 2 aliphatic heterocycles. The molecule has 2 aromatic heterocycles. The fourth-order valence-corrected chi connectivity index (χ4v) is 5.97. The Labute approximate surface area is 223 Å². The topological polar surface area (TPSA) is 40.4 Å². The van der Waals surface area contributed by atoms with Crippen LogP contribution in [0.5, 0.6) is 0 Å². The van der Waals surface area contributed by atoms with Crippen LogP contribution in [0.3, 0.4) is 0 Å². The van der Waals surface area contributed by atoms with E-state index in [0.29, 0.717) is 0 Å². The van der Waals surface area contributed by atoms with Crippen LogP contribution in [0.15, 0.2) is 36.4 Å². The first-order valence-corrected chi connectivity index (χ1v) is 14.2. The zero-order valence-corrected chi connectivity index (χ0v) is 23.3. The van der Waals surface area contributed by atoms with Gasteiger partial charge in [0.15, 0.2) is 5.65 Å². The van der Waals surface area contributed by atoms with E-state index in [9.17, 15) is 0 Å². The second-order valence-corrected chi connectivity index (χ2v) is 11.1. The highest BCUT2D eigenvalue weighted by molar-refractivity contribution is 5.76. The smallest absolute Gasteiger partial charge is 0.160 e. The number of benzene rings is 1. The quantitative estimate of drug-likeness (QED) is 0.445. The molecule has 0 unspecified atom stereocenters. The van der Waals surface area contributed by atoms with Gasteiger partial charge in [-0.2, -0.15) is 0 Å². The van der Waals surface area contributed by atoms with E-state index in [1.54, 1.807) is 0 Å². The van der Waals surface area contributed by atoms with Crippen LogP contribution in [0, 0.1) is 13.8 Å². The standard InChI is InChI=1S/C31H44N6/c1-5-29-33-30-24(2)22-25(3)32-31(30)37(29)23-27-11-9-26(10-12-27)8-6-7-15-35-16-13-28(14-17-35)36-20-18-34(4)19-21-36/h6,8-12,22,28H,5,7,13-21,23H2,1-4H3/b8-6+. The number of likely N-dealkylation sites (N-methyl/N-ethyl adjacent to an activating group) is 1. The number of fused-ring (bicyclic) bond motifs is 1. The Morgan fingerprint density at radius 3 is 2.38 bits per heavy atom. The summed E-state index contributed by atoms with van der Waals surface area (Å²) in [5.74, 6) is 1.10. The normalized spacial score (nSPS) is 18.9. The Kier molecular flexibility index (Phi) is 8.38. The van der Waals surface area contributed by atoms with E-state index < -0.39 is 0 Å². The van der Waals surface area contributed by atoms with E-state index in [4.69, 9.17) is 9.97 Å². The Morgan fingerprint density at radius 1 is 0.946 bits per heavy atom. The maximum Gasteiger partial charge on any atom is 0.160 e. The molecule has 0 amide bonds. The highest BCUT2D eigenvalue weighted by atomic mass is 15.3. The van der Waals surface area contributed by atoms with E-state index >= 15 is 0 Å². The molecule has 0 bridgehead atoms. The number of aromatic nitrogens is 3. The zero-order chi connectivity index (χ0) is 25.8. The fourth-order valence-electron chi connectivity index (χ4n) is 5.97. The Hall–Kier alpha value is -2.54. The summed E-state index contributed by atoms with van der Waals surface area (Å²) >= 11 is 0. The number of likely N-dealkylation sites (tertiary alicyclic amines) is 1. The van der Waals surface area contributed by atoms with Crippen molar-refractivity contribution in [1.29, 1.82) is 0 Å². The number of hydrogen-bond acceptors (Lipinski definition) is 5.